The molecule has 2 aliphatic heterocycles. The molecule has 1 spiro atoms. The van der Waals surface area contributed by atoms with E-state index in [4.69, 9.17) is 9.84 Å². The number of hydrogen-bond acceptors (Lipinski definition) is 3. The molecule has 118 valence electrons. The van der Waals surface area contributed by atoms with Crippen LogP contribution in [-0.4, -0.2) is 47.7 Å². The molecule has 3 rings (SSSR count). The number of amides is 1. The van der Waals surface area contributed by atoms with E-state index < -0.39 is 5.97 Å². The number of nitrogens with zero attached hydrogens (tertiary/aromatic N) is 1. The molecule has 0 unspecified atom stereocenters. The smallest absolute Gasteiger partial charge is 0.303 e. The van der Waals surface area contributed by atoms with E-state index in [9.17, 15) is 9.59 Å². The van der Waals surface area contributed by atoms with Gasteiger partial charge in [-0.15, -0.1) is 0 Å². The number of rotatable bonds is 4. The van der Waals surface area contributed by atoms with E-state index in [1.165, 1.54) is 0 Å². The third-order valence-corrected chi connectivity index (χ3v) is 5.58. The fourth-order valence-electron chi connectivity index (χ4n) is 4.11. The van der Waals surface area contributed by atoms with Gasteiger partial charge in [0.2, 0.25) is 5.91 Å². The molecule has 21 heavy (non-hydrogen) atoms. The van der Waals surface area contributed by atoms with Gasteiger partial charge in [-0.1, -0.05) is 0 Å². The predicted molar refractivity (Wildman–Crippen MR) is 76.8 cm³/mol. The van der Waals surface area contributed by atoms with Crippen LogP contribution in [0.4, 0.5) is 0 Å². The Labute approximate surface area is 125 Å². The predicted octanol–water partition coefficient (Wildman–Crippen LogP) is 2.05. The van der Waals surface area contributed by atoms with Crippen molar-refractivity contribution in [3.63, 3.8) is 0 Å². The topological polar surface area (TPSA) is 66.8 Å². The van der Waals surface area contributed by atoms with Gasteiger partial charge in [0.05, 0.1) is 0 Å². The van der Waals surface area contributed by atoms with Gasteiger partial charge in [0, 0.05) is 38.1 Å². The monoisotopic (exact) mass is 295 g/mol. The fourth-order valence-corrected chi connectivity index (χ4v) is 4.11. The van der Waals surface area contributed by atoms with Crippen LogP contribution in [0.1, 0.15) is 51.4 Å². The van der Waals surface area contributed by atoms with Crippen molar-refractivity contribution >= 4 is 11.9 Å². The molecule has 1 saturated carbocycles. The minimum atomic E-state index is -0.764. The van der Waals surface area contributed by atoms with E-state index >= 15 is 0 Å². The first-order chi connectivity index (χ1) is 10.1. The lowest BCUT2D eigenvalue weighted by Gasteiger charge is -2.36. The fraction of sp³-hybridized carbons (Fsp3) is 0.875. The van der Waals surface area contributed by atoms with Crippen LogP contribution in [0.15, 0.2) is 0 Å². The van der Waals surface area contributed by atoms with Gasteiger partial charge in [-0.3, -0.25) is 9.59 Å². The number of carboxylic acid groups (broad SMARTS) is 1. The number of aliphatic carboxylic acids is 1. The molecule has 3 fully saturated rings. The van der Waals surface area contributed by atoms with Crippen molar-refractivity contribution in [3.8, 4) is 0 Å². The molecule has 1 aliphatic carbocycles. The van der Waals surface area contributed by atoms with Crippen LogP contribution in [0.2, 0.25) is 0 Å². The van der Waals surface area contributed by atoms with Gasteiger partial charge in [0.25, 0.3) is 0 Å². The summed E-state index contributed by atoms with van der Waals surface area (Å²) in [5.74, 6) is -0.306. The van der Waals surface area contributed by atoms with Crippen LogP contribution in [0.5, 0.6) is 0 Å². The van der Waals surface area contributed by atoms with Crippen LogP contribution < -0.4 is 0 Å². The summed E-state index contributed by atoms with van der Waals surface area (Å²) in [6.45, 7) is 2.38. The molecule has 0 radical (unpaired) electrons. The minimum Gasteiger partial charge on any atom is -0.481 e. The number of hydrogen-bond donors (Lipinski definition) is 1. The van der Waals surface area contributed by atoms with Crippen LogP contribution in [0.3, 0.4) is 0 Å². The molecule has 0 aromatic rings. The number of carboxylic acids is 1. The standard InChI is InChI=1S/C16H25NO4/c18-14(19)5-4-12-3-1-2-8-17(12)15(20)13-11-16(13)6-9-21-10-7-16/h12-13H,1-11H2,(H,18,19)/t12-,13-/m0/s1. The molecular formula is C16H25NO4. The average Bonchev–Trinajstić information content (AvgIpc) is 3.18. The molecule has 5 nitrogen and oxygen atoms in total. The Kier molecular flexibility index (Phi) is 4.20. The second kappa shape index (κ2) is 5.95. The number of piperidine rings is 1. The number of carbonyl (C=O) groups excluding carboxylic acids is 1. The van der Waals surface area contributed by atoms with Crippen molar-refractivity contribution in [2.24, 2.45) is 11.3 Å². The van der Waals surface area contributed by atoms with Crippen LogP contribution >= 0.6 is 0 Å². The molecule has 0 aromatic heterocycles. The minimum absolute atomic E-state index is 0.139. The van der Waals surface area contributed by atoms with Gasteiger partial charge in [-0.05, 0) is 50.4 Å². The molecule has 2 atom stereocenters. The molecule has 2 heterocycles. The van der Waals surface area contributed by atoms with Crippen molar-refractivity contribution in [3.05, 3.63) is 0 Å². The summed E-state index contributed by atoms with van der Waals surface area (Å²) in [7, 11) is 0. The van der Waals surface area contributed by atoms with E-state index in [0.717, 1.165) is 58.3 Å². The molecule has 1 N–H and O–H groups in total. The summed E-state index contributed by atoms with van der Waals surface area (Å²) in [5, 5.41) is 8.87. The zero-order valence-corrected chi connectivity index (χ0v) is 12.6. The zero-order chi connectivity index (χ0) is 14.9. The first-order valence-corrected chi connectivity index (χ1v) is 8.22. The van der Waals surface area contributed by atoms with E-state index in [2.05, 4.69) is 0 Å². The lowest BCUT2D eigenvalue weighted by atomic mass is 9.92. The highest BCUT2D eigenvalue weighted by atomic mass is 16.5. The highest BCUT2D eigenvalue weighted by Crippen LogP contribution is 2.60. The van der Waals surface area contributed by atoms with E-state index in [1.54, 1.807) is 0 Å². The summed E-state index contributed by atoms with van der Waals surface area (Å²) in [6.07, 6.45) is 6.92. The first-order valence-electron chi connectivity index (χ1n) is 8.22. The highest BCUT2D eigenvalue weighted by Gasteiger charge is 2.59. The maximum atomic E-state index is 12.8. The second-order valence-corrected chi connectivity index (χ2v) is 6.85. The quantitative estimate of drug-likeness (QED) is 0.862. The largest absolute Gasteiger partial charge is 0.481 e. The number of likely N-dealkylation sites (tertiary alicyclic amines) is 1. The molecule has 1 amide bonds. The first kappa shape index (κ1) is 14.8. The van der Waals surface area contributed by atoms with Gasteiger partial charge < -0.3 is 14.7 Å². The van der Waals surface area contributed by atoms with Crippen molar-refractivity contribution in [2.75, 3.05) is 19.8 Å². The summed E-state index contributed by atoms with van der Waals surface area (Å²) < 4.78 is 5.41. The Bertz CT molecular complexity index is 417. The Morgan fingerprint density at radius 3 is 2.71 bits per heavy atom. The Balaban J connectivity index is 1.60. The molecule has 3 aliphatic rings. The molecule has 5 heteroatoms. The van der Waals surface area contributed by atoms with Crippen molar-refractivity contribution < 1.29 is 19.4 Å². The maximum absolute atomic E-state index is 12.8. The summed E-state index contributed by atoms with van der Waals surface area (Å²) in [5.41, 5.74) is 0.212. The Morgan fingerprint density at radius 2 is 2.00 bits per heavy atom. The Morgan fingerprint density at radius 1 is 1.24 bits per heavy atom. The average molecular weight is 295 g/mol. The summed E-state index contributed by atoms with van der Waals surface area (Å²) >= 11 is 0. The normalized spacial score (nSPS) is 31.1. The van der Waals surface area contributed by atoms with E-state index in [-0.39, 0.29) is 29.7 Å². The van der Waals surface area contributed by atoms with Gasteiger partial charge in [-0.2, -0.15) is 0 Å². The van der Waals surface area contributed by atoms with E-state index in [1.807, 2.05) is 4.90 Å². The SMILES string of the molecule is O=C(O)CC[C@@H]1CCCCN1C(=O)[C@@H]1CC12CCOCC2. The lowest BCUT2D eigenvalue weighted by molar-refractivity contribution is -0.141. The van der Waals surface area contributed by atoms with Crippen molar-refractivity contribution in [2.45, 2.75) is 57.4 Å². The van der Waals surface area contributed by atoms with Gasteiger partial charge in [-0.25, -0.2) is 0 Å². The Hall–Kier alpha value is -1.10. The molecule has 0 aromatic carbocycles. The number of carbonyl (C=O) groups is 2. The van der Waals surface area contributed by atoms with Crippen LogP contribution in [-0.2, 0) is 14.3 Å². The lowest BCUT2D eigenvalue weighted by Crippen LogP contribution is -2.45. The summed E-state index contributed by atoms with van der Waals surface area (Å²) in [6, 6.07) is 0.139. The molecule has 2 saturated heterocycles. The third kappa shape index (κ3) is 3.07. The van der Waals surface area contributed by atoms with Crippen LogP contribution in [0.25, 0.3) is 0 Å². The third-order valence-electron chi connectivity index (χ3n) is 5.58. The van der Waals surface area contributed by atoms with E-state index in [0.29, 0.717) is 6.42 Å². The molecule has 0 bridgehead atoms. The van der Waals surface area contributed by atoms with Crippen LogP contribution in [0, 0.1) is 11.3 Å². The zero-order valence-electron chi connectivity index (χ0n) is 12.6. The van der Waals surface area contributed by atoms with Gasteiger partial charge >= 0.3 is 5.97 Å². The second-order valence-electron chi connectivity index (χ2n) is 6.85. The molecular weight excluding hydrogens is 270 g/mol. The maximum Gasteiger partial charge on any atom is 0.303 e. The van der Waals surface area contributed by atoms with Gasteiger partial charge in [0.1, 0.15) is 0 Å². The highest BCUT2D eigenvalue weighted by molar-refractivity contribution is 5.83. The number of ether oxygens (including phenoxy) is 1. The summed E-state index contributed by atoms with van der Waals surface area (Å²) in [4.78, 5) is 25.6. The van der Waals surface area contributed by atoms with Crippen molar-refractivity contribution in [1.82, 2.24) is 4.90 Å². The van der Waals surface area contributed by atoms with Gasteiger partial charge in [0.15, 0.2) is 0 Å². The van der Waals surface area contributed by atoms with Crippen molar-refractivity contribution in [1.29, 1.82) is 0 Å².